The average Bonchev–Trinajstić information content (AvgIpc) is 3.02. The molecule has 0 unspecified atom stereocenters. The number of halogens is 2. The lowest BCUT2D eigenvalue weighted by atomic mass is 10.00. The predicted octanol–water partition coefficient (Wildman–Crippen LogP) is 4.75. The maximum absolute atomic E-state index is 13.9. The topological polar surface area (TPSA) is 125 Å². The van der Waals surface area contributed by atoms with Gasteiger partial charge in [0.15, 0.2) is 0 Å². The summed E-state index contributed by atoms with van der Waals surface area (Å²) in [5.74, 6) is -1.12. The van der Waals surface area contributed by atoms with Gasteiger partial charge in [-0.1, -0.05) is 23.1 Å². The van der Waals surface area contributed by atoms with Crippen molar-refractivity contribution in [1.82, 2.24) is 25.1 Å². The number of hydrogen-bond acceptors (Lipinski definition) is 8. The second-order valence-electron chi connectivity index (χ2n) is 9.89. The van der Waals surface area contributed by atoms with Crippen LogP contribution in [0.3, 0.4) is 0 Å². The van der Waals surface area contributed by atoms with Crippen LogP contribution in [0.25, 0.3) is 33.2 Å². The number of pyridine rings is 2. The number of rotatable bonds is 7. The highest BCUT2D eigenvalue weighted by Gasteiger charge is 2.18. The van der Waals surface area contributed by atoms with Crippen molar-refractivity contribution in [2.75, 3.05) is 31.9 Å². The molecule has 0 saturated carbocycles. The summed E-state index contributed by atoms with van der Waals surface area (Å²) in [6, 6.07) is 19.6. The van der Waals surface area contributed by atoms with Gasteiger partial charge in [-0.05, 0) is 71.6 Å². The number of nitrogens with one attached hydrogen (secondary N) is 3. The number of carbonyl (C=O) groups is 1. The Balaban J connectivity index is 1.22. The molecule has 0 bridgehead atoms. The number of anilines is 1. The SMILES string of the molecule is Nc1nc2ccc(-c3c[nH]c(=O)c(ONSc4ccc(F)cc4F)c3)cc2cc1-c1ccc(C(=O)N2CCNCC2)cc1. The van der Waals surface area contributed by atoms with Crippen molar-refractivity contribution in [3.05, 3.63) is 107 Å². The lowest BCUT2D eigenvalue weighted by molar-refractivity contribution is 0.0736. The molecule has 5 N–H and O–H groups in total. The van der Waals surface area contributed by atoms with Crippen molar-refractivity contribution in [2.45, 2.75) is 4.90 Å². The number of fused-ring (bicyclic) bond motifs is 1. The number of piperazine rings is 1. The first-order valence-corrected chi connectivity index (χ1v) is 14.2. The van der Waals surface area contributed by atoms with Gasteiger partial charge in [-0.3, -0.25) is 9.59 Å². The molecule has 1 amide bonds. The minimum atomic E-state index is -0.756. The molecule has 218 valence electrons. The maximum Gasteiger partial charge on any atom is 0.292 e. The zero-order valence-electron chi connectivity index (χ0n) is 22.7. The van der Waals surface area contributed by atoms with Crippen LogP contribution < -0.4 is 26.3 Å². The Labute approximate surface area is 249 Å². The molecule has 2 aromatic heterocycles. The molecule has 1 saturated heterocycles. The van der Waals surface area contributed by atoms with Crippen molar-refractivity contribution >= 4 is 34.6 Å². The van der Waals surface area contributed by atoms with Gasteiger partial charge in [-0.15, -0.1) is 0 Å². The predicted molar refractivity (Wildman–Crippen MR) is 162 cm³/mol. The molecule has 43 heavy (non-hydrogen) atoms. The second kappa shape index (κ2) is 12.2. The number of benzene rings is 3. The highest BCUT2D eigenvalue weighted by Crippen LogP contribution is 2.31. The summed E-state index contributed by atoms with van der Waals surface area (Å²) >= 11 is 0.763. The van der Waals surface area contributed by atoms with E-state index in [1.165, 1.54) is 6.07 Å². The molecule has 0 atom stereocenters. The van der Waals surface area contributed by atoms with Crippen LogP contribution in [0.5, 0.6) is 5.75 Å². The van der Waals surface area contributed by atoms with E-state index in [0.717, 1.165) is 59.2 Å². The van der Waals surface area contributed by atoms with Gasteiger partial charge >= 0.3 is 0 Å². The van der Waals surface area contributed by atoms with E-state index < -0.39 is 17.2 Å². The van der Waals surface area contributed by atoms with Crippen LogP contribution in [-0.2, 0) is 0 Å². The Morgan fingerprint density at radius 1 is 0.953 bits per heavy atom. The van der Waals surface area contributed by atoms with Crippen molar-refractivity contribution in [1.29, 1.82) is 0 Å². The van der Waals surface area contributed by atoms with Crippen LogP contribution in [-0.4, -0.2) is 47.0 Å². The minimum Gasteiger partial charge on any atom is -0.392 e. The van der Waals surface area contributed by atoms with E-state index >= 15 is 0 Å². The number of nitrogens with two attached hydrogens (primary N) is 1. The number of amides is 1. The van der Waals surface area contributed by atoms with E-state index in [-0.39, 0.29) is 16.6 Å². The number of H-pyrrole nitrogens is 1. The van der Waals surface area contributed by atoms with E-state index in [1.807, 2.05) is 41.3 Å². The number of aromatic amines is 1. The summed E-state index contributed by atoms with van der Waals surface area (Å²) < 4.78 is 27.0. The largest absolute Gasteiger partial charge is 0.392 e. The molecule has 5 aromatic rings. The molecule has 6 rings (SSSR count). The van der Waals surface area contributed by atoms with Crippen molar-refractivity contribution in [2.24, 2.45) is 0 Å². The van der Waals surface area contributed by atoms with Gasteiger partial charge in [0.1, 0.15) is 17.5 Å². The third kappa shape index (κ3) is 6.21. The Hall–Kier alpha value is -4.78. The molecule has 3 heterocycles. The highest BCUT2D eigenvalue weighted by atomic mass is 32.2. The van der Waals surface area contributed by atoms with Crippen LogP contribution in [0, 0.1) is 11.6 Å². The van der Waals surface area contributed by atoms with Gasteiger partial charge in [0.2, 0.25) is 5.75 Å². The summed E-state index contributed by atoms with van der Waals surface area (Å²) in [5, 5.41) is 4.06. The van der Waals surface area contributed by atoms with Gasteiger partial charge in [-0.25, -0.2) is 13.8 Å². The number of nitrogen functional groups attached to an aromatic ring is 1. The summed E-state index contributed by atoms with van der Waals surface area (Å²) in [4.78, 5) is 42.2. The Morgan fingerprint density at radius 2 is 1.72 bits per heavy atom. The Kier molecular flexibility index (Phi) is 8.05. The number of hydrogen-bond donors (Lipinski definition) is 4. The van der Waals surface area contributed by atoms with Crippen LogP contribution in [0.4, 0.5) is 14.6 Å². The van der Waals surface area contributed by atoms with Gasteiger partial charge in [0.05, 0.1) is 10.4 Å². The average molecular weight is 601 g/mol. The summed E-state index contributed by atoms with van der Waals surface area (Å²) in [7, 11) is 0. The minimum absolute atomic E-state index is 0.00275. The molecule has 1 fully saturated rings. The van der Waals surface area contributed by atoms with Gasteiger partial charge < -0.3 is 25.8 Å². The van der Waals surface area contributed by atoms with Crippen molar-refractivity contribution in [3.8, 4) is 28.0 Å². The lowest BCUT2D eigenvalue weighted by Crippen LogP contribution is -2.46. The zero-order chi connectivity index (χ0) is 29.9. The van der Waals surface area contributed by atoms with E-state index in [0.29, 0.717) is 35.6 Å². The van der Waals surface area contributed by atoms with Crippen molar-refractivity contribution < 1.29 is 18.4 Å². The van der Waals surface area contributed by atoms with Crippen LogP contribution >= 0.6 is 11.9 Å². The smallest absolute Gasteiger partial charge is 0.292 e. The molecule has 0 radical (unpaired) electrons. The zero-order valence-corrected chi connectivity index (χ0v) is 23.5. The molecule has 3 aromatic carbocycles. The lowest BCUT2D eigenvalue weighted by Gasteiger charge is -2.27. The third-order valence-corrected chi connectivity index (χ3v) is 7.81. The van der Waals surface area contributed by atoms with E-state index in [9.17, 15) is 18.4 Å². The molecular formula is C31H26F2N6O3S. The molecular weight excluding hydrogens is 574 g/mol. The molecule has 12 heteroatoms. The monoisotopic (exact) mass is 600 g/mol. The number of carbonyl (C=O) groups excluding carboxylic acids is 1. The van der Waals surface area contributed by atoms with Crippen LogP contribution in [0.2, 0.25) is 0 Å². The fourth-order valence-corrected chi connectivity index (χ4v) is 5.33. The number of nitrogens with zero attached hydrogens (tertiary/aromatic N) is 2. The first kappa shape index (κ1) is 28.3. The van der Waals surface area contributed by atoms with Gasteiger partial charge in [0.25, 0.3) is 11.5 Å². The van der Waals surface area contributed by atoms with Gasteiger partial charge in [-0.2, -0.15) is 0 Å². The third-order valence-electron chi connectivity index (χ3n) is 7.09. The van der Waals surface area contributed by atoms with Crippen LogP contribution in [0.15, 0.2) is 88.7 Å². The number of aromatic nitrogens is 2. The molecule has 1 aliphatic heterocycles. The molecule has 0 spiro atoms. The highest BCUT2D eigenvalue weighted by molar-refractivity contribution is 7.97. The molecule has 0 aliphatic carbocycles. The fraction of sp³-hybridized carbons (Fsp3) is 0.129. The summed E-state index contributed by atoms with van der Waals surface area (Å²) in [6.45, 7) is 2.93. The molecule has 9 nitrogen and oxygen atoms in total. The maximum atomic E-state index is 13.9. The van der Waals surface area contributed by atoms with E-state index in [4.69, 9.17) is 10.6 Å². The quantitative estimate of drug-likeness (QED) is 0.156. The summed E-state index contributed by atoms with van der Waals surface area (Å²) in [6.07, 6.45) is 1.56. The second-order valence-corrected chi connectivity index (χ2v) is 10.7. The Morgan fingerprint density at radius 3 is 2.49 bits per heavy atom. The van der Waals surface area contributed by atoms with Crippen LogP contribution in [0.1, 0.15) is 10.4 Å². The first-order valence-electron chi connectivity index (χ1n) is 13.4. The summed E-state index contributed by atoms with van der Waals surface area (Å²) in [5.41, 5.74) is 10.1. The van der Waals surface area contributed by atoms with Crippen molar-refractivity contribution in [3.63, 3.8) is 0 Å². The van der Waals surface area contributed by atoms with E-state index in [1.54, 1.807) is 24.4 Å². The fourth-order valence-electron chi connectivity index (χ4n) is 4.82. The Bertz CT molecular complexity index is 1880. The molecule has 1 aliphatic rings. The standard InChI is InChI=1S/C31H26F2N6O3S/c32-23-6-8-28(25(33)16-23)43-38-42-27-15-22(17-36-30(27)40)20-5-7-26-21(13-20)14-24(29(34)37-26)18-1-3-19(4-2-18)31(41)39-11-9-35-10-12-39/h1-8,13-17,35,38H,9-12H2,(H2,34,37)(H,36,40). The van der Waals surface area contributed by atoms with E-state index in [2.05, 4.69) is 20.2 Å². The normalized spacial score (nSPS) is 13.3. The van der Waals surface area contributed by atoms with Gasteiger partial charge in [0, 0.05) is 60.5 Å². The first-order chi connectivity index (χ1) is 20.9.